The van der Waals surface area contributed by atoms with Crippen LogP contribution in [0.1, 0.15) is 11.5 Å². The molecule has 0 atom stereocenters. The molecule has 24 heavy (non-hydrogen) atoms. The standard InChI is InChI=1S/C17H17N3O3S/c1-13-6-5-9-15(12-13)24(21,22)18-11-10-16-19-20-17(23-16)14-7-3-2-4-8-14/h2-9,12,18H,10-11H2,1H3. The van der Waals surface area contributed by atoms with Gasteiger partial charge in [-0.2, -0.15) is 0 Å². The molecule has 0 saturated carbocycles. The number of benzene rings is 2. The molecule has 1 aromatic heterocycles. The van der Waals surface area contributed by atoms with Crippen LogP contribution in [-0.2, 0) is 16.4 Å². The molecule has 0 aliphatic carbocycles. The zero-order chi connectivity index (χ0) is 17.0. The third-order valence-corrected chi connectivity index (χ3v) is 4.88. The number of aromatic nitrogens is 2. The smallest absolute Gasteiger partial charge is 0.247 e. The van der Waals surface area contributed by atoms with Crippen LogP contribution in [0.15, 0.2) is 63.9 Å². The van der Waals surface area contributed by atoms with Crippen LogP contribution in [0, 0.1) is 6.92 Å². The van der Waals surface area contributed by atoms with Crippen molar-refractivity contribution in [3.05, 3.63) is 66.1 Å². The fourth-order valence-corrected chi connectivity index (χ4v) is 3.35. The lowest BCUT2D eigenvalue weighted by molar-refractivity contribution is 0.502. The van der Waals surface area contributed by atoms with Crippen molar-refractivity contribution in [1.29, 1.82) is 0 Å². The van der Waals surface area contributed by atoms with Gasteiger partial charge in [-0.25, -0.2) is 13.1 Å². The quantitative estimate of drug-likeness (QED) is 0.743. The van der Waals surface area contributed by atoms with Crippen LogP contribution >= 0.6 is 0 Å². The summed E-state index contributed by atoms with van der Waals surface area (Å²) in [5.41, 5.74) is 1.72. The molecule has 0 bridgehead atoms. The monoisotopic (exact) mass is 343 g/mol. The maximum Gasteiger partial charge on any atom is 0.247 e. The second kappa shape index (κ2) is 6.94. The maximum absolute atomic E-state index is 12.2. The summed E-state index contributed by atoms with van der Waals surface area (Å²) in [6, 6.07) is 16.2. The Balaban J connectivity index is 1.62. The molecule has 0 aliphatic heterocycles. The van der Waals surface area contributed by atoms with Crippen LogP contribution in [0.3, 0.4) is 0 Å². The molecule has 7 heteroatoms. The highest BCUT2D eigenvalue weighted by atomic mass is 32.2. The normalized spacial score (nSPS) is 11.5. The SMILES string of the molecule is Cc1cccc(S(=O)(=O)NCCc2nnc(-c3ccccc3)o2)c1. The molecule has 0 saturated heterocycles. The summed E-state index contributed by atoms with van der Waals surface area (Å²) < 4.78 is 32.5. The Hall–Kier alpha value is -2.51. The fourth-order valence-electron chi connectivity index (χ4n) is 2.21. The summed E-state index contributed by atoms with van der Waals surface area (Å²) in [5.74, 6) is 0.813. The summed E-state index contributed by atoms with van der Waals surface area (Å²) in [6.07, 6.45) is 0.324. The van der Waals surface area contributed by atoms with Crippen molar-refractivity contribution >= 4 is 10.0 Å². The van der Waals surface area contributed by atoms with Crippen molar-refractivity contribution in [2.24, 2.45) is 0 Å². The fraction of sp³-hybridized carbons (Fsp3) is 0.176. The van der Waals surface area contributed by atoms with Gasteiger partial charge in [0.1, 0.15) is 0 Å². The van der Waals surface area contributed by atoms with E-state index in [0.717, 1.165) is 11.1 Å². The molecule has 124 valence electrons. The van der Waals surface area contributed by atoms with E-state index < -0.39 is 10.0 Å². The van der Waals surface area contributed by atoms with Gasteiger partial charge in [-0.1, -0.05) is 30.3 Å². The lowest BCUT2D eigenvalue weighted by Crippen LogP contribution is -2.26. The van der Waals surface area contributed by atoms with E-state index in [1.165, 1.54) is 0 Å². The lowest BCUT2D eigenvalue weighted by Gasteiger charge is -2.06. The van der Waals surface area contributed by atoms with E-state index in [0.29, 0.717) is 18.2 Å². The molecule has 3 rings (SSSR count). The van der Waals surface area contributed by atoms with Crippen molar-refractivity contribution in [2.45, 2.75) is 18.2 Å². The van der Waals surface area contributed by atoms with E-state index in [9.17, 15) is 8.42 Å². The molecule has 0 amide bonds. The first-order valence-corrected chi connectivity index (χ1v) is 8.97. The molecule has 0 fully saturated rings. The largest absolute Gasteiger partial charge is 0.421 e. The molecule has 0 radical (unpaired) electrons. The van der Waals surface area contributed by atoms with Crippen molar-refractivity contribution in [1.82, 2.24) is 14.9 Å². The van der Waals surface area contributed by atoms with Gasteiger partial charge in [-0.15, -0.1) is 10.2 Å². The second-order valence-corrected chi connectivity index (χ2v) is 7.10. The van der Waals surface area contributed by atoms with Gasteiger partial charge in [0, 0.05) is 18.5 Å². The minimum absolute atomic E-state index is 0.187. The minimum Gasteiger partial charge on any atom is -0.421 e. The van der Waals surface area contributed by atoms with Crippen LogP contribution in [0.2, 0.25) is 0 Å². The van der Waals surface area contributed by atoms with E-state index in [1.54, 1.807) is 18.2 Å². The summed E-state index contributed by atoms with van der Waals surface area (Å²) in [5, 5.41) is 7.92. The van der Waals surface area contributed by atoms with Gasteiger partial charge < -0.3 is 4.42 Å². The number of nitrogens with zero attached hydrogens (tertiary/aromatic N) is 2. The molecule has 1 heterocycles. The van der Waals surface area contributed by atoms with Crippen LogP contribution in [0.4, 0.5) is 0 Å². The summed E-state index contributed by atoms with van der Waals surface area (Å²) in [6.45, 7) is 2.04. The van der Waals surface area contributed by atoms with E-state index in [-0.39, 0.29) is 11.4 Å². The number of nitrogens with one attached hydrogen (secondary N) is 1. The average Bonchev–Trinajstić information content (AvgIpc) is 3.04. The first kappa shape index (κ1) is 16.4. The van der Waals surface area contributed by atoms with Gasteiger partial charge in [0.05, 0.1) is 4.90 Å². The minimum atomic E-state index is -3.54. The molecule has 1 N–H and O–H groups in total. The van der Waals surface area contributed by atoms with E-state index in [2.05, 4.69) is 14.9 Å². The topological polar surface area (TPSA) is 85.1 Å². The Morgan fingerprint density at radius 2 is 1.83 bits per heavy atom. The highest BCUT2D eigenvalue weighted by Gasteiger charge is 2.14. The van der Waals surface area contributed by atoms with Crippen molar-refractivity contribution in [2.75, 3.05) is 6.54 Å². The van der Waals surface area contributed by atoms with Gasteiger partial charge in [0.2, 0.25) is 21.8 Å². The van der Waals surface area contributed by atoms with Crippen LogP contribution in [0.5, 0.6) is 0 Å². The first-order chi connectivity index (χ1) is 11.5. The lowest BCUT2D eigenvalue weighted by atomic mass is 10.2. The van der Waals surface area contributed by atoms with Crippen LogP contribution in [-0.4, -0.2) is 25.2 Å². The zero-order valence-corrected chi connectivity index (χ0v) is 14.0. The van der Waals surface area contributed by atoms with Gasteiger partial charge in [0.25, 0.3) is 0 Å². The third-order valence-electron chi connectivity index (χ3n) is 3.42. The van der Waals surface area contributed by atoms with Crippen LogP contribution in [0.25, 0.3) is 11.5 Å². The van der Waals surface area contributed by atoms with E-state index in [1.807, 2.05) is 43.3 Å². The number of sulfonamides is 1. The number of aryl methyl sites for hydroxylation is 1. The van der Waals surface area contributed by atoms with Crippen molar-refractivity contribution in [3.63, 3.8) is 0 Å². The number of rotatable bonds is 6. The maximum atomic E-state index is 12.2. The molecule has 6 nitrogen and oxygen atoms in total. The predicted molar refractivity (Wildman–Crippen MR) is 89.8 cm³/mol. The van der Waals surface area contributed by atoms with Gasteiger partial charge in [0.15, 0.2) is 0 Å². The summed E-state index contributed by atoms with van der Waals surface area (Å²) in [7, 11) is -3.54. The average molecular weight is 343 g/mol. The molecule has 0 spiro atoms. The Bertz CT molecular complexity index is 921. The van der Waals surface area contributed by atoms with E-state index in [4.69, 9.17) is 4.42 Å². The Morgan fingerprint density at radius 3 is 2.58 bits per heavy atom. The van der Waals surface area contributed by atoms with Gasteiger partial charge >= 0.3 is 0 Å². The second-order valence-electron chi connectivity index (χ2n) is 5.33. The number of hydrogen-bond donors (Lipinski definition) is 1. The molecule has 2 aromatic carbocycles. The highest BCUT2D eigenvalue weighted by molar-refractivity contribution is 7.89. The van der Waals surface area contributed by atoms with Gasteiger partial charge in [-0.3, -0.25) is 0 Å². The summed E-state index contributed by atoms with van der Waals surface area (Å²) in [4.78, 5) is 0.248. The summed E-state index contributed by atoms with van der Waals surface area (Å²) >= 11 is 0. The third kappa shape index (κ3) is 3.87. The number of hydrogen-bond acceptors (Lipinski definition) is 5. The molecule has 0 aliphatic rings. The highest BCUT2D eigenvalue weighted by Crippen LogP contribution is 2.17. The Morgan fingerprint density at radius 1 is 1.04 bits per heavy atom. The molecule has 3 aromatic rings. The first-order valence-electron chi connectivity index (χ1n) is 7.49. The van der Waals surface area contributed by atoms with Crippen molar-refractivity contribution in [3.8, 4) is 11.5 Å². The Labute approximate surface area is 140 Å². The van der Waals surface area contributed by atoms with Gasteiger partial charge in [-0.05, 0) is 36.8 Å². The van der Waals surface area contributed by atoms with Crippen molar-refractivity contribution < 1.29 is 12.8 Å². The molecular weight excluding hydrogens is 326 g/mol. The molecule has 0 unspecified atom stereocenters. The molecular formula is C17H17N3O3S. The predicted octanol–water partition coefficient (Wildman–Crippen LogP) is 2.57. The van der Waals surface area contributed by atoms with E-state index >= 15 is 0 Å². The Kier molecular flexibility index (Phi) is 4.73. The van der Waals surface area contributed by atoms with Crippen LogP contribution < -0.4 is 4.72 Å². The zero-order valence-electron chi connectivity index (χ0n) is 13.1.